The highest BCUT2D eigenvalue weighted by atomic mass is 31.2. The lowest BCUT2D eigenvalue weighted by Crippen LogP contribution is -2.33. The molecule has 0 fully saturated rings. The Balaban J connectivity index is 0.000000465. The molecule has 3 aromatic carbocycles. The van der Waals surface area contributed by atoms with Crippen molar-refractivity contribution in [1.29, 1.82) is 0 Å². The van der Waals surface area contributed by atoms with Crippen molar-refractivity contribution in [3.63, 3.8) is 0 Å². The summed E-state index contributed by atoms with van der Waals surface area (Å²) in [7, 11) is -6.19. The number of hydrogen-bond acceptors (Lipinski definition) is 1. The number of rotatable bonds is 5. The maximum absolute atomic E-state index is 8.88. The van der Waals surface area contributed by atoms with Crippen LogP contribution in [-0.2, 0) is 4.57 Å². The molecule has 0 aliphatic rings. The van der Waals surface area contributed by atoms with Crippen molar-refractivity contribution in [2.75, 3.05) is 6.16 Å². The highest BCUT2D eigenvalue weighted by molar-refractivity contribution is 7.95. The predicted molar refractivity (Wildman–Crippen MR) is 115 cm³/mol. The molecule has 3 aromatic rings. The lowest BCUT2D eigenvalue weighted by atomic mass is 10.4. The first-order valence-corrected chi connectivity index (χ1v) is 12.2. The van der Waals surface area contributed by atoms with Gasteiger partial charge in [0.15, 0.2) is 0 Å². The summed E-state index contributed by atoms with van der Waals surface area (Å²) in [4.78, 5) is 21.6. The summed E-state index contributed by atoms with van der Waals surface area (Å²) in [5, 5.41) is 4.44. The molecule has 3 N–H and O–H groups in total. The van der Waals surface area contributed by atoms with E-state index in [4.69, 9.17) is 19.2 Å². The van der Waals surface area contributed by atoms with E-state index in [-0.39, 0.29) is 0 Å². The van der Waals surface area contributed by atoms with E-state index >= 15 is 0 Å². The molecule has 6 heteroatoms. The Bertz CT molecular complexity index is 744. The van der Waals surface area contributed by atoms with Crippen molar-refractivity contribution < 1.29 is 19.2 Å². The highest BCUT2D eigenvalue weighted by Gasteiger charge is 2.43. The molecule has 0 radical (unpaired) electrons. The van der Waals surface area contributed by atoms with Crippen LogP contribution in [0.15, 0.2) is 91.0 Å². The Hall–Kier alpha value is -1.80. The van der Waals surface area contributed by atoms with Crippen LogP contribution in [0.2, 0.25) is 0 Å². The van der Waals surface area contributed by atoms with Crippen LogP contribution < -0.4 is 15.9 Å². The van der Waals surface area contributed by atoms with Gasteiger partial charge in [-0.1, -0.05) is 61.5 Å². The van der Waals surface area contributed by atoms with E-state index in [2.05, 4.69) is 97.9 Å². The SMILES string of the molecule is CCC[P+](c1ccccc1)(c1ccccc1)c1ccccc1.O=P(O)(O)O. The molecule has 142 valence electrons. The van der Waals surface area contributed by atoms with Gasteiger partial charge in [-0.2, -0.15) is 0 Å². The van der Waals surface area contributed by atoms with Gasteiger partial charge < -0.3 is 14.7 Å². The Morgan fingerprint density at radius 3 is 1.15 bits per heavy atom. The molecule has 0 aromatic heterocycles. The van der Waals surface area contributed by atoms with Crippen LogP contribution in [0.4, 0.5) is 0 Å². The molecule has 4 nitrogen and oxygen atoms in total. The molecule has 3 rings (SSSR count). The molecule has 0 saturated heterocycles. The minimum Gasteiger partial charge on any atom is -0.303 e. The minimum absolute atomic E-state index is 1.19. The molecule has 0 aliphatic heterocycles. The standard InChI is InChI=1S/C21H22P.H3O4P/c1-2-18-22(19-12-6-3-7-13-19,20-14-8-4-9-15-20)21-16-10-5-11-17-21;1-5(2,3)4/h3-17H,2,18H2,1H3;(H3,1,2,3,4)/q+1;. The Labute approximate surface area is 161 Å². The summed E-state index contributed by atoms with van der Waals surface area (Å²) in [5.74, 6) is 0. The molecule has 0 bridgehead atoms. The first kappa shape index (κ1) is 21.5. The average molecular weight is 403 g/mol. The van der Waals surface area contributed by atoms with Crippen LogP contribution >= 0.6 is 15.1 Å². The molecule has 0 unspecified atom stereocenters. The summed E-state index contributed by atoms with van der Waals surface area (Å²) in [5.41, 5.74) is 0. The molecule has 0 spiro atoms. The zero-order valence-corrected chi connectivity index (χ0v) is 17.0. The summed E-state index contributed by atoms with van der Waals surface area (Å²) in [6.07, 6.45) is 2.40. The second-order valence-corrected chi connectivity index (χ2v) is 10.7. The Kier molecular flexibility index (Phi) is 7.91. The second-order valence-electron chi connectivity index (χ2n) is 6.05. The quantitative estimate of drug-likeness (QED) is 0.570. The third kappa shape index (κ3) is 6.10. The Morgan fingerprint density at radius 2 is 0.926 bits per heavy atom. The minimum atomic E-state index is -4.64. The van der Waals surface area contributed by atoms with Crippen molar-refractivity contribution in [1.82, 2.24) is 0 Å². The van der Waals surface area contributed by atoms with Crippen molar-refractivity contribution in [3.05, 3.63) is 91.0 Å². The summed E-state index contributed by atoms with van der Waals surface area (Å²) >= 11 is 0. The summed E-state index contributed by atoms with van der Waals surface area (Å²) in [6, 6.07) is 33.2. The lowest BCUT2D eigenvalue weighted by Gasteiger charge is -2.27. The maximum atomic E-state index is 8.88. The number of benzene rings is 3. The average Bonchev–Trinajstić information content (AvgIpc) is 2.67. The van der Waals surface area contributed by atoms with Gasteiger partial charge in [0.1, 0.15) is 23.2 Å². The fourth-order valence-corrected chi connectivity index (χ4v) is 7.60. The molecular formula is C21H25O4P2+. The summed E-state index contributed by atoms with van der Waals surface area (Å²) < 4.78 is 8.88. The molecule has 0 amide bonds. The molecule has 0 saturated carbocycles. The van der Waals surface area contributed by atoms with Crippen LogP contribution in [0.1, 0.15) is 13.3 Å². The van der Waals surface area contributed by atoms with E-state index in [0.717, 1.165) is 0 Å². The van der Waals surface area contributed by atoms with E-state index in [9.17, 15) is 0 Å². The maximum Gasteiger partial charge on any atom is 0.466 e. The van der Waals surface area contributed by atoms with E-state index in [1.54, 1.807) is 0 Å². The second kappa shape index (κ2) is 9.94. The van der Waals surface area contributed by atoms with Crippen LogP contribution in [0.5, 0.6) is 0 Å². The smallest absolute Gasteiger partial charge is 0.303 e. The van der Waals surface area contributed by atoms with Crippen molar-refractivity contribution in [2.24, 2.45) is 0 Å². The van der Waals surface area contributed by atoms with E-state index in [0.29, 0.717) is 0 Å². The number of phosphoric acid groups is 1. The van der Waals surface area contributed by atoms with Gasteiger partial charge in [0.2, 0.25) is 0 Å². The van der Waals surface area contributed by atoms with Crippen LogP contribution in [-0.4, -0.2) is 20.8 Å². The zero-order chi connectivity index (χ0) is 19.8. The summed E-state index contributed by atoms with van der Waals surface area (Å²) in [6.45, 7) is 2.30. The van der Waals surface area contributed by atoms with Gasteiger partial charge in [0.25, 0.3) is 0 Å². The van der Waals surface area contributed by atoms with Crippen molar-refractivity contribution >= 4 is 31.0 Å². The molecular weight excluding hydrogens is 378 g/mol. The monoisotopic (exact) mass is 403 g/mol. The van der Waals surface area contributed by atoms with Crippen molar-refractivity contribution in [2.45, 2.75) is 13.3 Å². The third-order valence-corrected chi connectivity index (χ3v) is 8.81. The molecule has 0 atom stereocenters. The van der Waals surface area contributed by atoms with Gasteiger partial charge in [0.05, 0.1) is 6.16 Å². The van der Waals surface area contributed by atoms with Crippen LogP contribution in [0.3, 0.4) is 0 Å². The van der Waals surface area contributed by atoms with Gasteiger partial charge >= 0.3 is 7.82 Å². The van der Waals surface area contributed by atoms with E-state index in [1.165, 1.54) is 28.5 Å². The largest absolute Gasteiger partial charge is 0.466 e. The van der Waals surface area contributed by atoms with Gasteiger partial charge in [0, 0.05) is 0 Å². The normalized spacial score (nSPS) is 11.4. The van der Waals surface area contributed by atoms with Crippen molar-refractivity contribution in [3.8, 4) is 0 Å². The number of hydrogen-bond donors (Lipinski definition) is 3. The fraction of sp³-hybridized carbons (Fsp3) is 0.143. The molecule has 0 aliphatic carbocycles. The van der Waals surface area contributed by atoms with E-state index < -0.39 is 15.1 Å². The third-order valence-electron chi connectivity index (χ3n) is 4.15. The first-order chi connectivity index (χ1) is 12.9. The van der Waals surface area contributed by atoms with Crippen LogP contribution in [0, 0.1) is 0 Å². The Morgan fingerprint density at radius 1 is 0.667 bits per heavy atom. The highest BCUT2D eigenvalue weighted by Crippen LogP contribution is 2.55. The fourth-order valence-electron chi connectivity index (χ4n) is 3.22. The first-order valence-electron chi connectivity index (χ1n) is 8.71. The lowest BCUT2D eigenvalue weighted by molar-refractivity contribution is 0.275. The van der Waals surface area contributed by atoms with Gasteiger partial charge in [-0.25, -0.2) is 4.57 Å². The zero-order valence-electron chi connectivity index (χ0n) is 15.2. The van der Waals surface area contributed by atoms with E-state index in [1.807, 2.05) is 0 Å². The van der Waals surface area contributed by atoms with Crippen LogP contribution in [0.25, 0.3) is 0 Å². The molecule has 0 heterocycles. The van der Waals surface area contributed by atoms with Gasteiger partial charge in [-0.3, -0.25) is 0 Å². The van der Waals surface area contributed by atoms with Gasteiger partial charge in [-0.05, 0) is 42.8 Å². The topological polar surface area (TPSA) is 77.8 Å². The molecule has 27 heavy (non-hydrogen) atoms. The predicted octanol–water partition coefficient (Wildman–Crippen LogP) is 3.46. The van der Waals surface area contributed by atoms with Gasteiger partial charge in [-0.15, -0.1) is 0 Å².